The number of aromatic amines is 1. The lowest BCUT2D eigenvalue weighted by molar-refractivity contribution is 0.104. The van der Waals surface area contributed by atoms with Gasteiger partial charge >= 0.3 is 0 Å². The van der Waals surface area contributed by atoms with Crippen molar-refractivity contribution in [3.8, 4) is 0 Å². The van der Waals surface area contributed by atoms with E-state index in [0.29, 0.717) is 15.6 Å². The van der Waals surface area contributed by atoms with Crippen LogP contribution in [-0.4, -0.2) is 15.8 Å². The normalized spacial score (nSPS) is 11.1. The quantitative estimate of drug-likeness (QED) is 0.432. The van der Waals surface area contributed by atoms with Crippen LogP contribution in [0.4, 0.5) is 16.6 Å². The smallest absolute Gasteiger partial charge is 0.209 e. The third-order valence-electron chi connectivity index (χ3n) is 4.61. The van der Waals surface area contributed by atoms with Crippen molar-refractivity contribution in [2.45, 2.75) is 20.8 Å². The number of anilines is 3. The molecule has 2 aromatic heterocycles. The second kappa shape index (κ2) is 6.55. The van der Waals surface area contributed by atoms with Gasteiger partial charge in [0.2, 0.25) is 5.78 Å². The summed E-state index contributed by atoms with van der Waals surface area (Å²) in [6, 6.07) is 13.9. The molecule has 0 spiro atoms. The minimum absolute atomic E-state index is 0.103. The van der Waals surface area contributed by atoms with E-state index in [-0.39, 0.29) is 11.6 Å². The highest BCUT2D eigenvalue weighted by Gasteiger charge is 2.23. The van der Waals surface area contributed by atoms with Gasteiger partial charge in [0.1, 0.15) is 10.7 Å². The Morgan fingerprint density at radius 2 is 1.93 bits per heavy atom. The van der Waals surface area contributed by atoms with Gasteiger partial charge in [-0.25, -0.2) is 4.98 Å². The van der Waals surface area contributed by atoms with Gasteiger partial charge in [-0.15, -0.1) is 0 Å². The number of nitrogens with zero attached hydrogens (tertiary/aromatic N) is 1. The lowest BCUT2D eigenvalue weighted by atomic mass is 10.1. The monoisotopic (exact) mass is 376 g/mol. The molecule has 0 amide bonds. The number of carbonyl (C=O) groups is 1. The van der Waals surface area contributed by atoms with Crippen molar-refractivity contribution in [2.24, 2.45) is 0 Å². The maximum Gasteiger partial charge on any atom is 0.209 e. The molecule has 4 N–H and O–H groups in total. The Morgan fingerprint density at radius 1 is 1.15 bits per heavy atom. The van der Waals surface area contributed by atoms with E-state index in [0.717, 1.165) is 33.4 Å². The number of H-pyrrole nitrogens is 1. The van der Waals surface area contributed by atoms with E-state index < -0.39 is 0 Å². The summed E-state index contributed by atoms with van der Waals surface area (Å²) >= 11 is 1.28. The number of ketones is 1. The summed E-state index contributed by atoms with van der Waals surface area (Å²) in [7, 11) is 0. The molecule has 0 radical (unpaired) electrons. The molecule has 4 rings (SSSR count). The maximum absolute atomic E-state index is 13.2. The van der Waals surface area contributed by atoms with Crippen LogP contribution in [-0.2, 0) is 0 Å². The molecule has 6 heteroatoms. The molecule has 0 bridgehead atoms. The zero-order chi connectivity index (χ0) is 19.1. The van der Waals surface area contributed by atoms with Gasteiger partial charge in [-0.2, -0.15) is 0 Å². The summed E-state index contributed by atoms with van der Waals surface area (Å²) in [4.78, 5) is 21.3. The molecule has 0 atom stereocenters. The zero-order valence-corrected chi connectivity index (χ0v) is 16.2. The van der Waals surface area contributed by atoms with Crippen molar-refractivity contribution in [3.63, 3.8) is 0 Å². The van der Waals surface area contributed by atoms with Crippen LogP contribution >= 0.6 is 11.3 Å². The Hall–Kier alpha value is -3.12. The fourth-order valence-electron chi connectivity index (χ4n) is 3.22. The lowest BCUT2D eigenvalue weighted by Gasteiger charge is -2.07. The lowest BCUT2D eigenvalue weighted by Crippen LogP contribution is -2.03. The molecule has 0 saturated heterocycles. The van der Waals surface area contributed by atoms with E-state index in [1.807, 2.05) is 45.0 Å². The van der Waals surface area contributed by atoms with Crippen LogP contribution in [0.25, 0.3) is 10.9 Å². The van der Waals surface area contributed by atoms with Crippen molar-refractivity contribution >= 4 is 44.7 Å². The second-order valence-electron chi connectivity index (χ2n) is 6.68. The van der Waals surface area contributed by atoms with Gasteiger partial charge in [0.15, 0.2) is 5.13 Å². The molecule has 0 saturated carbocycles. The molecule has 5 nitrogen and oxygen atoms in total. The molecule has 0 unspecified atom stereocenters. The van der Waals surface area contributed by atoms with Crippen molar-refractivity contribution < 1.29 is 4.79 Å². The molecule has 0 aliphatic rings. The highest BCUT2D eigenvalue weighted by Crippen LogP contribution is 2.33. The van der Waals surface area contributed by atoms with Gasteiger partial charge in [-0.1, -0.05) is 41.7 Å². The first-order valence-electron chi connectivity index (χ1n) is 8.66. The average Bonchev–Trinajstić information content (AvgIpc) is 3.16. The van der Waals surface area contributed by atoms with Gasteiger partial charge in [0.25, 0.3) is 0 Å². The van der Waals surface area contributed by atoms with Crippen molar-refractivity contribution in [1.82, 2.24) is 9.97 Å². The number of benzene rings is 2. The largest absolute Gasteiger partial charge is 0.382 e. The van der Waals surface area contributed by atoms with Crippen molar-refractivity contribution in [3.05, 3.63) is 69.7 Å². The van der Waals surface area contributed by atoms with Crippen LogP contribution in [0.5, 0.6) is 0 Å². The van der Waals surface area contributed by atoms with E-state index >= 15 is 0 Å². The summed E-state index contributed by atoms with van der Waals surface area (Å²) in [5.41, 5.74) is 11.7. The Bertz CT molecular complexity index is 1170. The number of aromatic nitrogens is 2. The summed E-state index contributed by atoms with van der Waals surface area (Å²) in [6.45, 7) is 5.97. The summed E-state index contributed by atoms with van der Waals surface area (Å²) in [5.74, 6) is 0.149. The second-order valence-corrected chi connectivity index (χ2v) is 7.68. The van der Waals surface area contributed by atoms with Gasteiger partial charge in [-0.3, -0.25) is 4.79 Å². The number of nitrogen functional groups attached to an aromatic ring is 1. The van der Waals surface area contributed by atoms with Crippen LogP contribution < -0.4 is 11.1 Å². The van der Waals surface area contributed by atoms with Crippen molar-refractivity contribution in [2.75, 3.05) is 11.1 Å². The minimum Gasteiger partial charge on any atom is -0.382 e. The first-order chi connectivity index (χ1) is 12.9. The topological polar surface area (TPSA) is 83.8 Å². The third kappa shape index (κ3) is 3.08. The average molecular weight is 376 g/mol. The number of hydrogen-bond acceptors (Lipinski definition) is 5. The number of nitrogens with one attached hydrogen (secondary N) is 2. The molecule has 0 fully saturated rings. The Balaban J connectivity index is 1.71. The predicted molar refractivity (Wildman–Crippen MR) is 112 cm³/mol. The Labute approximate surface area is 161 Å². The van der Waals surface area contributed by atoms with Gasteiger partial charge in [0.05, 0.1) is 5.56 Å². The maximum atomic E-state index is 13.2. The van der Waals surface area contributed by atoms with Crippen LogP contribution in [0.15, 0.2) is 42.5 Å². The Morgan fingerprint density at radius 3 is 2.74 bits per heavy atom. The van der Waals surface area contributed by atoms with Crippen LogP contribution in [0.3, 0.4) is 0 Å². The standard InChI is InChI=1S/C21H20N4OS/c1-11-8-9-12(2)16(10-11)24-21-25-20(22)19(27-21)18(26)17-13(3)23-15-7-5-4-6-14(15)17/h4-10,23H,22H2,1-3H3,(H,24,25). The summed E-state index contributed by atoms with van der Waals surface area (Å²) in [6.07, 6.45) is 0. The van der Waals surface area contributed by atoms with E-state index in [1.54, 1.807) is 0 Å². The number of carbonyl (C=O) groups excluding carboxylic acids is 1. The predicted octanol–water partition coefficient (Wildman–Crippen LogP) is 5.11. The van der Waals surface area contributed by atoms with Gasteiger partial charge in [-0.05, 0) is 44.0 Å². The molecule has 2 heterocycles. The van der Waals surface area contributed by atoms with Crippen molar-refractivity contribution in [1.29, 1.82) is 0 Å². The number of para-hydroxylation sites is 1. The summed E-state index contributed by atoms with van der Waals surface area (Å²) < 4.78 is 0. The van der Waals surface area contributed by atoms with Gasteiger partial charge < -0.3 is 16.0 Å². The first-order valence-corrected chi connectivity index (χ1v) is 9.48. The zero-order valence-electron chi connectivity index (χ0n) is 15.4. The molecule has 0 aliphatic carbocycles. The number of aryl methyl sites for hydroxylation is 3. The van der Waals surface area contributed by atoms with Crippen LogP contribution in [0.1, 0.15) is 32.1 Å². The van der Waals surface area contributed by atoms with E-state index in [2.05, 4.69) is 33.5 Å². The number of nitrogens with two attached hydrogens (primary N) is 1. The van der Waals surface area contributed by atoms with Crippen LogP contribution in [0, 0.1) is 20.8 Å². The SMILES string of the molecule is Cc1ccc(C)c(Nc2nc(N)c(C(=O)c3c(C)[nH]c4ccccc34)s2)c1. The first kappa shape index (κ1) is 17.3. The fourth-order valence-corrected chi connectivity index (χ4v) is 4.06. The number of hydrogen-bond donors (Lipinski definition) is 3. The summed E-state index contributed by atoms with van der Waals surface area (Å²) in [5, 5.41) is 4.81. The minimum atomic E-state index is -0.103. The number of fused-ring (bicyclic) bond motifs is 1. The third-order valence-corrected chi connectivity index (χ3v) is 5.60. The molecule has 4 aromatic rings. The van der Waals surface area contributed by atoms with Gasteiger partial charge in [0, 0.05) is 22.3 Å². The van der Waals surface area contributed by atoms with E-state index in [9.17, 15) is 4.79 Å². The van der Waals surface area contributed by atoms with Crippen LogP contribution in [0.2, 0.25) is 0 Å². The number of thiazole rings is 1. The molecule has 0 aliphatic heterocycles. The highest BCUT2D eigenvalue weighted by molar-refractivity contribution is 7.18. The Kier molecular flexibility index (Phi) is 4.20. The highest BCUT2D eigenvalue weighted by atomic mass is 32.1. The molecule has 2 aromatic carbocycles. The molecule has 136 valence electrons. The van der Waals surface area contributed by atoms with E-state index in [1.165, 1.54) is 11.3 Å². The van der Waals surface area contributed by atoms with E-state index in [4.69, 9.17) is 5.73 Å². The molecular formula is C21H20N4OS. The number of rotatable bonds is 4. The molecular weight excluding hydrogens is 356 g/mol. The fraction of sp³-hybridized carbons (Fsp3) is 0.143. The molecule has 27 heavy (non-hydrogen) atoms.